The third-order valence-corrected chi connectivity index (χ3v) is 5.03. The fraction of sp³-hybridized carbons (Fsp3) is 0.538. The summed E-state index contributed by atoms with van der Waals surface area (Å²) in [6.07, 6.45) is 2.17. The Labute approximate surface area is 123 Å². The number of rotatable bonds is 3. The molecule has 1 fully saturated rings. The second kappa shape index (κ2) is 6.35. The first-order valence-corrected chi connectivity index (χ1v) is 7.59. The zero-order valence-corrected chi connectivity index (χ0v) is 13.3. The normalized spacial score (nSPS) is 21.7. The molecule has 0 N–H and O–H groups in total. The van der Waals surface area contributed by atoms with Gasteiger partial charge < -0.3 is 9.47 Å². The summed E-state index contributed by atoms with van der Waals surface area (Å²) in [5.74, 6) is 0.656. The maximum absolute atomic E-state index is 13.5. The summed E-state index contributed by atoms with van der Waals surface area (Å²) in [5.41, 5.74) is 0.960. The van der Waals surface area contributed by atoms with E-state index >= 15 is 0 Å². The smallest absolute Gasteiger partial charge is 0.141 e. The molecule has 1 aromatic rings. The fourth-order valence-corrected chi connectivity index (χ4v) is 3.32. The first kappa shape index (κ1) is 14.3. The lowest BCUT2D eigenvalue weighted by Crippen LogP contribution is -2.21. The predicted molar refractivity (Wildman–Crippen MR) is 75.9 cm³/mol. The van der Waals surface area contributed by atoms with Gasteiger partial charge in [-0.1, -0.05) is 15.9 Å². The van der Waals surface area contributed by atoms with Crippen LogP contribution < -0.4 is 4.74 Å². The standard InChI is InChI=1S/C13H15Br2FO2/c1-17-12-6-11(16)10(14)5-9(12)13(15)8-3-2-4-18-7-8/h5-6,8,13H,2-4,7H2,1H3. The molecule has 0 aliphatic carbocycles. The van der Waals surface area contributed by atoms with Crippen molar-refractivity contribution in [3.63, 3.8) is 0 Å². The minimum absolute atomic E-state index is 0.115. The zero-order valence-electron chi connectivity index (χ0n) is 10.1. The van der Waals surface area contributed by atoms with E-state index in [1.165, 1.54) is 6.07 Å². The molecule has 1 aliphatic heterocycles. The lowest BCUT2D eigenvalue weighted by Gasteiger charge is -2.27. The van der Waals surface area contributed by atoms with E-state index in [0.29, 0.717) is 16.1 Å². The maximum Gasteiger partial charge on any atom is 0.141 e. The van der Waals surface area contributed by atoms with Crippen molar-refractivity contribution in [3.05, 3.63) is 28.0 Å². The largest absolute Gasteiger partial charge is 0.496 e. The highest BCUT2D eigenvalue weighted by Crippen LogP contribution is 2.41. The van der Waals surface area contributed by atoms with Crippen LogP contribution in [0.25, 0.3) is 0 Å². The summed E-state index contributed by atoms with van der Waals surface area (Å²) >= 11 is 6.91. The van der Waals surface area contributed by atoms with Gasteiger partial charge in [-0.05, 0) is 40.8 Å². The van der Waals surface area contributed by atoms with Crippen molar-refractivity contribution in [2.24, 2.45) is 5.92 Å². The second-order valence-corrected chi connectivity index (χ2v) is 6.23. The van der Waals surface area contributed by atoms with Gasteiger partial charge in [-0.2, -0.15) is 0 Å². The summed E-state index contributed by atoms with van der Waals surface area (Å²) in [7, 11) is 1.56. The number of methoxy groups -OCH3 is 1. The van der Waals surface area contributed by atoms with Gasteiger partial charge in [0.05, 0.1) is 18.2 Å². The molecule has 18 heavy (non-hydrogen) atoms. The van der Waals surface area contributed by atoms with Crippen LogP contribution in [-0.2, 0) is 4.74 Å². The Kier molecular flexibility index (Phi) is 5.04. The number of benzene rings is 1. The Morgan fingerprint density at radius 3 is 2.89 bits per heavy atom. The van der Waals surface area contributed by atoms with Crippen LogP contribution in [0.3, 0.4) is 0 Å². The van der Waals surface area contributed by atoms with E-state index in [4.69, 9.17) is 9.47 Å². The molecule has 2 unspecified atom stereocenters. The molecule has 1 heterocycles. The third kappa shape index (κ3) is 3.06. The van der Waals surface area contributed by atoms with Crippen LogP contribution in [-0.4, -0.2) is 20.3 Å². The highest BCUT2D eigenvalue weighted by Gasteiger charge is 2.26. The summed E-state index contributed by atoms with van der Waals surface area (Å²) in [6.45, 7) is 1.56. The number of halogens is 3. The quantitative estimate of drug-likeness (QED) is 0.719. The molecule has 100 valence electrons. The van der Waals surface area contributed by atoms with Crippen molar-refractivity contribution in [2.45, 2.75) is 17.7 Å². The molecule has 0 radical (unpaired) electrons. The summed E-state index contributed by atoms with van der Waals surface area (Å²) in [6, 6.07) is 3.19. The van der Waals surface area contributed by atoms with Gasteiger partial charge in [-0.3, -0.25) is 0 Å². The highest BCUT2D eigenvalue weighted by atomic mass is 79.9. The predicted octanol–water partition coefficient (Wildman–Crippen LogP) is 4.46. The molecule has 5 heteroatoms. The molecule has 0 bridgehead atoms. The monoisotopic (exact) mass is 380 g/mol. The minimum Gasteiger partial charge on any atom is -0.496 e. The SMILES string of the molecule is COc1cc(F)c(Br)cc1C(Br)C1CCCOC1. The molecule has 2 nitrogen and oxygen atoms in total. The molecule has 0 spiro atoms. The molecule has 2 rings (SSSR count). The Balaban J connectivity index is 2.27. The van der Waals surface area contributed by atoms with Crippen LogP contribution in [0.2, 0.25) is 0 Å². The van der Waals surface area contributed by atoms with Crippen LogP contribution >= 0.6 is 31.9 Å². The van der Waals surface area contributed by atoms with Gasteiger partial charge >= 0.3 is 0 Å². The highest BCUT2D eigenvalue weighted by molar-refractivity contribution is 9.10. The van der Waals surface area contributed by atoms with Gasteiger partial charge in [0.25, 0.3) is 0 Å². The van der Waals surface area contributed by atoms with E-state index in [1.54, 1.807) is 13.2 Å². The van der Waals surface area contributed by atoms with Crippen molar-refractivity contribution in [1.29, 1.82) is 0 Å². The van der Waals surface area contributed by atoms with E-state index < -0.39 is 0 Å². The van der Waals surface area contributed by atoms with E-state index in [0.717, 1.165) is 31.6 Å². The molecular weight excluding hydrogens is 367 g/mol. The van der Waals surface area contributed by atoms with E-state index in [2.05, 4.69) is 31.9 Å². The maximum atomic E-state index is 13.5. The molecule has 0 amide bonds. The molecule has 0 aromatic heterocycles. The minimum atomic E-state index is -0.310. The molecule has 1 aliphatic rings. The van der Waals surface area contributed by atoms with Crippen molar-refractivity contribution < 1.29 is 13.9 Å². The Morgan fingerprint density at radius 2 is 2.28 bits per heavy atom. The Hall–Kier alpha value is -0.130. The first-order chi connectivity index (χ1) is 8.63. The lowest BCUT2D eigenvalue weighted by atomic mass is 9.93. The zero-order chi connectivity index (χ0) is 13.1. The summed E-state index contributed by atoms with van der Waals surface area (Å²) < 4.78 is 24.7. The van der Waals surface area contributed by atoms with E-state index in [1.807, 2.05) is 0 Å². The summed E-state index contributed by atoms with van der Waals surface area (Å²) in [4.78, 5) is 0.115. The Morgan fingerprint density at radius 1 is 1.50 bits per heavy atom. The van der Waals surface area contributed by atoms with Crippen molar-refractivity contribution >= 4 is 31.9 Å². The average molecular weight is 382 g/mol. The lowest BCUT2D eigenvalue weighted by molar-refractivity contribution is 0.0544. The van der Waals surface area contributed by atoms with Crippen LogP contribution in [0.4, 0.5) is 4.39 Å². The first-order valence-electron chi connectivity index (χ1n) is 5.88. The van der Waals surface area contributed by atoms with Crippen LogP contribution in [0, 0.1) is 11.7 Å². The summed E-state index contributed by atoms with van der Waals surface area (Å²) in [5, 5.41) is 0. The van der Waals surface area contributed by atoms with Gasteiger partial charge in [-0.25, -0.2) is 4.39 Å². The van der Waals surface area contributed by atoms with E-state index in [9.17, 15) is 4.39 Å². The molecule has 0 saturated carbocycles. The molecule has 1 saturated heterocycles. The van der Waals surface area contributed by atoms with Crippen molar-refractivity contribution in [1.82, 2.24) is 0 Å². The third-order valence-electron chi connectivity index (χ3n) is 3.18. The molecular formula is C13H15Br2FO2. The van der Waals surface area contributed by atoms with Crippen molar-refractivity contribution in [3.8, 4) is 5.75 Å². The number of alkyl halides is 1. The number of ether oxygens (including phenoxy) is 2. The second-order valence-electron chi connectivity index (χ2n) is 4.39. The topological polar surface area (TPSA) is 18.5 Å². The fourth-order valence-electron chi connectivity index (χ4n) is 2.19. The van der Waals surface area contributed by atoms with E-state index in [-0.39, 0.29) is 10.6 Å². The van der Waals surface area contributed by atoms with Crippen LogP contribution in [0.1, 0.15) is 23.2 Å². The van der Waals surface area contributed by atoms with Gasteiger partial charge in [0.2, 0.25) is 0 Å². The van der Waals surface area contributed by atoms with Crippen LogP contribution in [0.5, 0.6) is 5.75 Å². The van der Waals surface area contributed by atoms with Crippen LogP contribution in [0.15, 0.2) is 16.6 Å². The van der Waals surface area contributed by atoms with Gasteiger partial charge in [0.1, 0.15) is 11.6 Å². The molecule has 2 atom stereocenters. The number of hydrogen-bond donors (Lipinski definition) is 0. The van der Waals surface area contributed by atoms with Crippen molar-refractivity contribution in [2.75, 3.05) is 20.3 Å². The van der Waals surface area contributed by atoms with Gasteiger partial charge in [0.15, 0.2) is 0 Å². The van der Waals surface area contributed by atoms with Gasteiger partial charge in [-0.15, -0.1) is 0 Å². The Bertz CT molecular complexity index is 420. The average Bonchev–Trinajstić information content (AvgIpc) is 2.41. The van der Waals surface area contributed by atoms with Gasteiger partial charge in [0, 0.05) is 23.1 Å². The number of hydrogen-bond acceptors (Lipinski definition) is 2. The molecule has 1 aromatic carbocycles.